The summed E-state index contributed by atoms with van der Waals surface area (Å²) in [5, 5.41) is 14.7. The Morgan fingerprint density at radius 1 is 1.17 bits per heavy atom. The summed E-state index contributed by atoms with van der Waals surface area (Å²) in [7, 11) is 0. The van der Waals surface area contributed by atoms with E-state index in [2.05, 4.69) is 10.5 Å². The number of nitro groups is 1. The first kappa shape index (κ1) is 16.4. The molecule has 0 atom stereocenters. The van der Waals surface area contributed by atoms with Gasteiger partial charge in [-0.1, -0.05) is 23.8 Å². The average Bonchev–Trinajstić information content (AvgIpc) is 2.49. The zero-order valence-corrected chi connectivity index (χ0v) is 13.2. The van der Waals surface area contributed by atoms with Crippen LogP contribution < -0.4 is 5.43 Å². The Labute approximate surface area is 134 Å². The highest BCUT2D eigenvalue weighted by Gasteiger charge is 2.10. The van der Waals surface area contributed by atoms with Crippen LogP contribution in [-0.4, -0.2) is 17.0 Å². The molecule has 0 aliphatic carbocycles. The number of hydrogen-bond acceptors (Lipinski definition) is 4. The third kappa shape index (κ3) is 4.00. The lowest BCUT2D eigenvalue weighted by Gasteiger charge is -2.06. The van der Waals surface area contributed by atoms with Crippen molar-refractivity contribution in [1.29, 1.82) is 0 Å². The number of hydrazone groups is 1. The van der Waals surface area contributed by atoms with Crippen LogP contribution in [0, 0.1) is 30.9 Å². The molecule has 2 aromatic carbocycles. The number of hydrogen-bond donors (Lipinski definition) is 1. The van der Waals surface area contributed by atoms with Crippen LogP contribution in [0.2, 0.25) is 0 Å². The number of rotatable bonds is 4. The van der Waals surface area contributed by atoms with Crippen molar-refractivity contribution in [2.75, 3.05) is 0 Å². The molecular weight excluding hydrogens is 294 g/mol. The summed E-state index contributed by atoms with van der Waals surface area (Å²) in [5.74, 6) is -0.493. The highest BCUT2D eigenvalue weighted by molar-refractivity contribution is 5.95. The standard InChI is InChI=1S/C17H17N3O3/c1-11-7-12(2)16(13(3)8-11)10-18-19-17(21)14-5-4-6-15(9-14)20(22)23/h4-10H,1-3H3,(H,19,21)/b18-10-. The van der Waals surface area contributed by atoms with Crippen LogP contribution in [0.25, 0.3) is 0 Å². The zero-order chi connectivity index (χ0) is 17.0. The van der Waals surface area contributed by atoms with E-state index in [4.69, 9.17) is 0 Å². The normalized spacial score (nSPS) is 10.7. The summed E-state index contributed by atoms with van der Waals surface area (Å²) in [5.41, 5.74) is 6.68. The van der Waals surface area contributed by atoms with Crippen LogP contribution >= 0.6 is 0 Å². The van der Waals surface area contributed by atoms with Crippen LogP contribution in [0.5, 0.6) is 0 Å². The number of nitro benzene ring substituents is 1. The Balaban J connectivity index is 2.13. The Hall–Kier alpha value is -3.02. The van der Waals surface area contributed by atoms with E-state index in [1.54, 1.807) is 6.21 Å². The third-order valence-corrected chi connectivity index (χ3v) is 3.42. The van der Waals surface area contributed by atoms with Crippen LogP contribution in [0.1, 0.15) is 32.6 Å². The van der Waals surface area contributed by atoms with Crippen molar-refractivity contribution in [3.8, 4) is 0 Å². The van der Waals surface area contributed by atoms with Crippen molar-refractivity contribution in [3.05, 3.63) is 74.3 Å². The van der Waals surface area contributed by atoms with Crippen LogP contribution in [0.4, 0.5) is 5.69 Å². The van der Waals surface area contributed by atoms with Gasteiger partial charge in [0.2, 0.25) is 0 Å². The minimum Gasteiger partial charge on any atom is -0.267 e. The lowest BCUT2D eigenvalue weighted by atomic mass is 10.0. The summed E-state index contributed by atoms with van der Waals surface area (Å²) >= 11 is 0. The highest BCUT2D eigenvalue weighted by Crippen LogP contribution is 2.15. The van der Waals surface area contributed by atoms with E-state index in [0.717, 1.165) is 22.3 Å². The number of nitrogens with zero attached hydrogens (tertiary/aromatic N) is 2. The number of nitrogens with one attached hydrogen (secondary N) is 1. The van der Waals surface area contributed by atoms with Gasteiger partial charge in [-0.2, -0.15) is 5.10 Å². The lowest BCUT2D eigenvalue weighted by Crippen LogP contribution is -2.17. The zero-order valence-electron chi connectivity index (χ0n) is 13.2. The Bertz CT molecular complexity index is 774. The molecule has 23 heavy (non-hydrogen) atoms. The largest absolute Gasteiger partial charge is 0.271 e. The van der Waals surface area contributed by atoms with Crippen molar-refractivity contribution in [3.63, 3.8) is 0 Å². The molecule has 2 aromatic rings. The van der Waals surface area contributed by atoms with E-state index in [1.165, 1.54) is 24.3 Å². The monoisotopic (exact) mass is 311 g/mol. The van der Waals surface area contributed by atoms with Gasteiger partial charge in [0, 0.05) is 23.3 Å². The quantitative estimate of drug-likeness (QED) is 0.534. The second-order valence-electron chi connectivity index (χ2n) is 5.32. The molecule has 0 bridgehead atoms. The van der Waals surface area contributed by atoms with Gasteiger partial charge < -0.3 is 0 Å². The van der Waals surface area contributed by atoms with Gasteiger partial charge in [-0.05, 0) is 38.0 Å². The van der Waals surface area contributed by atoms with E-state index in [1.807, 2.05) is 32.9 Å². The Kier molecular flexibility index (Phi) is 4.85. The number of amides is 1. The van der Waals surface area contributed by atoms with Crippen molar-refractivity contribution in [1.82, 2.24) is 5.43 Å². The lowest BCUT2D eigenvalue weighted by molar-refractivity contribution is -0.384. The van der Waals surface area contributed by atoms with E-state index < -0.39 is 10.8 Å². The van der Waals surface area contributed by atoms with Gasteiger partial charge in [-0.25, -0.2) is 5.43 Å². The first-order valence-corrected chi connectivity index (χ1v) is 7.04. The fraction of sp³-hybridized carbons (Fsp3) is 0.176. The predicted molar refractivity (Wildman–Crippen MR) is 88.8 cm³/mol. The summed E-state index contributed by atoms with van der Waals surface area (Å²) in [4.78, 5) is 22.2. The first-order valence-electron chi connectivity index (χ1n) is 7.04. The van der Waals surface area contributed by atoms with Crippen molar-refractivity contribution >= 4 is 17.8 Å². The number of carbonyl (C=O) groups is 1. The molecule has 2 rings (SSSR count). The van der Waals surface area contributed by atoms with E-state index in [-0.39, 0.29) is 11.3 Å². The molecular formula is C17H17N3O3. The van der Waals surface area contributed by atoms with Gasteiger partial charge in [-0.15, -0.1) is 0 Å². The molecule has 1 N–H and O–H groups in total. The number of benzene rings is 2. The smallest absolute Gasteiger partial charge is 0.267 e. The molecule has 0 aliphatic rings. The van der Waals surface area contributed by atoms with Gasteiger partial charge in [-0.3, -0.25) is 14.9 Å². The van der Waals surface area contributed by atoms with E-state index >= 15 is 0 Å². The molecule has 0 aliphatic heterocycles. The van der Waals surface area contributed by atoms with E-state index in [0.29, 0.717) is 0 Å². The number of aryl methyl sites for hydroxylation is 3. The summed E-state index contributed by atoms with van der Waals surface area (Å²) in [6.07, 6.45) is 1.58. The van der Waals surface area contributed by atoms with Gasteiger partial charge >= 0.3 is 0 Å². The molecule has 0 aromatic heterocycles. The number of carbonyl (C=O) groups excluding carboxylic acids is 1. The van der Waals surface area contributed by atoms with Crippen molar-refractivity contribution in [2.24, 2.45) is 5.10 Å². The predicted octanol–water partition coefficient (Wildman–Crippen LogP) is 3.28. The molecule has 0 heterocycles. The molecule has 0 saturated heterocycles. The van der Waals surface area contributed by atoms with Gasteiger partial charge in [0.1, 0.15) is 0 Å². The van der Waals surface area contributed by atoms with Gasteiger partial charge in [0.05, 0.1) is 11.1 Å². The fourth-order valence-corrected chi connectivity index (χ4v) is 2.38. The molecule has 6 heteroatoms. The van der Waals surface area contributed by atoms with Gasteiger partial charge in [0.25, 0.3) is 11.6 Å². The second kappa shape index (κ2) is 6.83. The maximum absolute atomic E-state index is 12.0. The van der Waals surface area contributed by atoms with Crippen molar-refractivity contribution in [2.45, 2.75) is 20.8 Å². The minimum absolute atomic E-state index is 0.133. The minimum atomic E-state index is -0.543. The topological polar surface area (TPSA) is 84.6 Å². The first-order chi connectivity index (χ1) is 10.9. The maximum Gasteiger partial charge on any atom is 0.271 e. The maximum atomic E-state index is 12.0. The number of non-ortho nitro benzene ring substituents is 1. The fourth-order valence-electron chi connectivity index (χ4n) is 2.38. The van der Waals surface area contributed by atoms with Gasteiger partial charge in [0.15, 0.2) is 0 Å². The third-order valence-electron chi connectivity index (χ3n) is 3.42. The molecule has 1 amide bonds. The molecule has 0 spiro atoms. The SMILES string of the molecule is Cc1cc(C)c(/C=N\NC(=O)c2cccc([N+](=O)[O-])c2)c(C)c1. The molecule has 0 saturated carbocycles. The average molecular weight is 311 g/mol. The molecule has 0 unspecified atom stereocenters. The van der Waals surface area contributed by atoms with Crippen LogP contribution in [-0.2, 0) is 0 Å². The Morgan fingerprint density at radius 3 is 2.43 bits per heavy atom. The molecule has 0 radical (unpaired) electrons. The molecule has 0 fully saturated rings. The summed E-state index contributed by atoms with van der Waals surface area (Å²) in [6.45, 7) is 5.97. The van der Waals surface area contributed by atoms with E-state index in [9.17, 15) is 14.9 Å². The Morgan fingerprint density at radius 2 is 1.83 bits per heavy atom. The van der Waals surface area contributed by atoms with Crippen molar-refractivity contribution < 1.29 is 9.72 Å². The molecule has 6 nitrogen and oxygen atoms in total. The van der Waals surface area contributed by atoms with Crippen LogP contribution in [0.3, 0.4) is 0 Å². The summed E-state index contributed by atoms with van der Waals surface area (Å²) in [6, 6.07) is 9.59. The highest BCUT2D eigenvalue weighted by atomic mass is 16.6. The second-order valence-corrected chi connectivity index (χ2v) is 5.32. The molecule has 118 valence electrons. The van der Waals surface area contributed by atoms with Crippen LogP contribution in [0.15, 0.2) is 41.5 Å². The summed E-state index contributed by atoms with van der Waals surface area (Å²) < 4.78 is 0.